The Hall–Kier alpha value is -1.65. The van der Waals surface area contributed by atoms with E-state index in [9.17, 15) is 14.7 Å². The van der Waals surface area contributed by atoms with Gasteiger partial charge in [0, 0.05) is 23.5 Å². The second-order valence-corrected chi connectivity index (χ2v) is 6.37. The number of carboxylic acids is 1. The smallest absolute Gasteiger partial charge is 0.347 e. The summed E-state index contributed by atoms with van der Waals surface area (Å²) in [7, 11) is 0. The van der Waals surface area contributed by atoms with Crippen LogP contribution in [0.4, 0.5) is 0 Å². The van der Waals surface area contributed by atoms with Gasteiger partial charge in [-0.1, -0.05) is 13.3 Å². The normalized spacial score (nSPS) is 17.5. The van der Waals surface area contributed by atoms with Gasteiger partial charge in [-0.05, 0) is 45.4 Å². The van der Waals surface area contributed by atoms with Crippen molar-refractivity contribution in [1.82, 2.24) is 9.55 Å². The minimum atomic E-state index is -0.886. The van der Waals surface area contributed by atoms with Gasteiger partial charge in [0.25, 0.3) is 0 Å². The quantitative estimate of drug-likeness (QED) is 0.874. The second-order valence-electron chi connectivity index (χ2n) is 6.37. The predicted octanol–water partition coefficient (Wildman–Crippen LogP) is 2.63. The molecule has 1 unspecified atom stereocenters. The molecule has 21 heavy (non-hydrogen) atoms. The van der Waals surface area contributed by atoms with E-state index in [1.165, 1.54) is 0 Å². The lowest BCUT2D eigenvalue weighted by Gasteiger charge is -2.21. The van der Waals surface area contributed by atoms with Gasteiger partial charge in [-0.15, -0.1) is 0 Å². The van der Waals surface area contributed by atoms with Crippen molar-refractivity contribution in [3.63, 3.8) is 0 Å². The maximum absolute atomic E-state index is 12.2. The van der Waals surface area contributed by atoms with Crippen LogP contribution in [-0.2, 0) is 11.3 Å². The van der Waals surface area contributed by atoms with E-state index in [4.69, 9.17) is 0 Å². The first kappa shape index (κ1) is 15.7. The Morgan fingerprint density at radius 1 is 1.43 bits per heavy atom. The number of hydrogen-bond donors (Lipinski definition) is 1. The highest BCUT2D eigenvalue weighted by atomic mass is 16.4. The van der Waals surface area contributed by atoms with Crippen molar-refractivity contribution in [3.8, 4) is 0 Å². The van der Waals surface area contributed by atoms with Crippen LogP contribution < -0.4 is 5.69 Å². The molecule has 0 aliphatic heterocycles. The molecule has 0 bridgehead atoms. The molecule has 0 amide bonds. The van der Waals surface area contributed by atoms with Crippen LogP contribution >= 0.6 is 0 Å². The third kappa shape index (κ3) is 3.01. The number of carbonyl (C=O) groups is 1. The molecule has 0 spiro atoms. The Bertz CT molecular complexity index is 615. The maximum atomic E-state index is 12.2. The first-order chi connectivity index (χ1) is 9.81. The summed E-state index contributed by atoms with van der Waals surface area (Å²) in [6.45, 7) is 8.02. The van der Waals surface area contributed by atoms with E-state index in [2.05, 4.69) is 11.9 Å². The van der Waals surface area contributed by atoms with E-state index in [0.29, 0.717) is 17.8 Å². The van der Waals surface area contributed by atoms with Gasteiger partial charge in [0.15, 0.2) is 0 Å². The molecule has 0 saturated heterocycles. The molecular weight excluding hydrogens is 268 g/mol. The number of aliphatic carboxylic acids is 1. The molecule has 1 atom stereocenters. The van der Waals surface area contributed by atoms with Crippen LogP contribution in [0.15, 0.2) is 4.79 Å². The molecule has 1 aliphatic rings. The van der Waals surface area contributed by atoms with Crippen molar-refractivity contribution < 1.29 is 9.90 Å². The predicted molar refractivity (Wildman–Crippen MR) is 80.6 cm³/mol. The van der Waals surface area contributed by atoms with Crippen LogP contribution in [0.25, 0.3) is 0 Å². The summed E-state index contributed by atoms with van der Waals surface area (Å²) in [5.74, 6) is -1.53. The number of hydrogen-bond acceptors (Lipinski definition) is 3. The van der Waals surface area contributed by atoms with Crippen molar-refractivity contribution in [2.24, 2.45) is 5.41 Å². The number of aromatic nitrogens is 2. The van der Waals surface area contributed by atoms with Gasteiger partial charge in [-0.2, -0.15) is 4.98 Å². The van der Waals surface area contributed by atoms with Gasteiger partial charge in [0.1, 0.15) is 0 Å². The van der Waals surface area contributed by atoms with E-state index in [1.807, 2.05) is 6.92 Å². The average Bonchev–Trinajstić information content (AvgIpc) is 3.14. The summed E-state index contributed by atoms with van der Waals surface area (Å²) < 4.78 is 1.68. The van der Waals surface area contributed by atoms with Crippen LogP contribution in [0.2, 0.25) is 0 Å². The van der Waals surface area contributed by atoms with Crippen molar-refractivity contribution >= 4 is 5.97 Å². The van der Waals surface area contributed by atoms with E-state index in [1.54, 1.807) is 18.4 Å². The van der Waals surface area contributed by atoms with E-state index in [-0.39, 0.29) is 11.1 Å². The zero-order valence-corrected chi connectivity index (χ0v) is 13.3. The van der Waals surface area contributed by atoms with Crippen LogP contribution in [-0.4, -0.2) is 20.6 Å². The van der Waals surface area contributed by atoms with E-state index in [0.717, 1.165) is 31.4 Å². The number of aryl methyl sites for hydroxylation is 1. The number of nitrogens with zero attached hydrogens (tertiary/aromatic N) is 2. The average molecular weight is 292 g/mol. The lowest BCUT2D eigenvalue weighted by Crippen LogP contribution is -2.32. The van der Waals surface area contributed by atoms with Crippen molar-refractivity contribution in [3.05, 3.63) is 27.4 Å². The van der Waals surface area contributed by atoms with E-state index < -0.39 is 11.9 Å². The Morgan fingerprint density at radius 3 is 2.52 bits per heavy atom. The fourth-order valence-electron chi connectivity index (χ4n) is 3.28. The number of rotatable bonds is 6. The Balaban J connectivity index is 2.45. The topological polar surface area (TPSA) is 72.2 Å². The van der Waals surface area contributed by atoms with Gasteiger partial charge in [0.05, 0.1) is 5.92 Å². The summed E-state index contributed by atoms with van der Waals surface area (Å²) >= 11 is 0. The SMILES string of the molecule is CCCC1(Cn2c(C)c(C(C)C(=O)O)c(C)nc2=O)CC1. The van der Waals surface area contributed by atoms with Crippen LogP contribution in [0.5, 0.6) is 0 Å². The van der Waals surface area contributed by atoms with Crippen LogP contribution in [0.3, 0.4) is 0 Å². The van der Waals surface area contributed by atoms with Gasteiger partial charge in [-0.25, -0.2) is 4.79 Å². The molecule has 116 valence electrons. The first-order valence-corrected chi connectivity index (χ1v) is 7.62. The molecule has 1 saturated carbocycles. The Labute approximate surface area is 125 Å². The van der Waals surface area contributed by atoms with E-state index >= 15 is 0 Å². The summed E-state index contributed by atoms with van der Waals surface area (Å²) in [4.78, 5) is 27.6. The molecular formula is C16H24N2O3. The zero-order chi connectivity index (χ0) is 15.8. The van der Waals surface area contributed by atoms with Gasteiger partial charge in [-0.3, -0.25) is 9.36 Å². The van der Waals surface area contributed by atoms with Gasteiger partial charge in [0.2, 0.25) is 0 Å². The zero-order valence-electron chi connectivity index (χ0n) is 13.3. The molecule has 1 fully saturated rings. The summed E-state index contributed by atoms with van der Waals surface area (Å²) in [6, 6.07) is 0. The minimum Gasteiger partial charge on any atom is -0.481 e. The van der Waals surface area contributed by atoms with Crippen molar-refractivity contribution in [2.75, 3.05) is 0 Å². The molecule has 0 radical (unpaired) electrons. The van der Waals surface area contributed by atoms with Crippen molar-refractivity contribution in [1.29, 1.82) is 0 Å². The van der Waals surface area contributed by atoms with Crippen molar-refractivity contribution in [2.45, 2.75) is 65.8 Å². The fourth-order valence-corrected chi connectivity index (χ4v) is 3.28. The Morgan fingerprint density at radius 2 is 2.05 bits per heavy atom. The summed E-state index contributed by atoms with van der Waals surface area (Å²) in [6.07, 6.45) is 4.50. The molecule has 1 heterocycles. The summed E-state index contributed by atoms with van der Waals surface area (Å²) in [5.41, 5.74) is 1.93. The van der Waals surface area contributed by atoms with Gasteiger partial charge < -0.3 is 5.11 Å². The maximum Gasteiger partial charge on any atom is 0.347 e. The Kier molecular flexibility index (Phi) is 4.21. The minimum absolute atomic E-state index is 0.226. The lowest BCUT2D eigenvalue weighted by atomic mass is 9.96. The summed E-state index contributed by atoms with van der Waals surface area (Å²) in [5, 5.41) is 9.26. The second kappa shape index (κ2) is 5.62. The molecule has 5 nitrogen and oxygen atoms in total. The molecule has 5 heteroatoms. The van der Waals surface area contributed by atoms with Crippen LogP contribution in [0.1, 0.15) is 62.4 Å². The molecule has 2 rings (SSSR count). The van der Waals surface area contributed by atoms with Gasteiger partial charge >= 0.3 is 11.7 Å². The fraction of sp³-hybridized carbons (Fsp3) is 0.688. The lowest BCUT2D eigenvalue weighted by molar-refractivity contribution is -0.138. The highest BCUT2D eigenvalue weighted by Gasteiger charge is 2.42. The first-order valence-electron chi connectivity index (χ1n) is 7.62. The third-order valence-corrected chi connectivity index (χ3v) is 4.71. The molecule has 1 aromatic heterocycles. The standard InChI is InChI=1S/C16H24N2O3/c1-5-6-16(7-8-16)9-18-12(4)13(10(2)14(19)20)11(3)17-15(18)21/h10H,5-9H2,1-4H3,(H,19,20). The van der Waals surface area contributed by atoms with Crippen LogP contribution in [0, 0.1) is 19.3 Å². The molecule has 0 aromatic carbocycles. The highest BCUT2D eigenvalue weighted by molar-refractivity contribution is 5.76. The third-order valence-electron chi connectivity index (χ3n) is 4.71. The molecule has 1 N–H and O–H groups in total. The monoisotopic (exact) mass is 292 g/mol. The number of carboxylic acid groups (broad SMARTS) is 1. The highest BCUT2D eigenvalue weighted by Crippen LogP contribution is 2.51. The molecule has 1 aliphatic carbocycles. The largest absolute Gasteiger partial charge is 0.481 e. The molecule has 1 aromatic rings.